The summed E-state index contributed by atoms with van der Waals surface area (Å²) in [5.41, 5.74) is 0.799. The lowest BCUT2D eigenvalue weighted by Gasteiger charge is -2.00. The molecule has 0 saturated heterocycles. The molecule has 2 aromatic rings. The highest BCUT2D eigenvalue weighted by Gasteiger charge is 2.01. The van der Waals surface area contributed by atoms with Gasteiger partial charge in [-0.25, -0.2) is 9.71 Å². The van der Waals surface area contributed by atoms with Crippen LogP contribution in [0.5, 0.6) is 0 Å². The van der Waals surface area contributed by atoms with E-state index in [9.17, 15) is 5.21 Å². The van der Waals surface area contributed by atoms with Crippen LogP contribution in [0.15, 0.2) is 24.9 Å². The summed E-state index contributed by atoms with van der Waals surface area (Å²) in [4.78, 5) is 11.4. The third-order valence-electron chi connectivity index (χ3n) is 1.28. The number of aromatic nitrogens is 4. The van der Waals surface area contributed by atoms with Crippen LogP contribution < -0.4 is 4.73 Å². The Morgan fingerprint density at radius 1 is 1.27 bits per heavy atom. The standard InChI is InChI=1S/C6H4N4O/c11-10-4-7-3-5-6(10)9-2-1-8-5/h1-4H. The number of nitrogens with zero attached hydrogens (tertiary/aromatic N) is 4. The van der Waals surface area contributed by atoms with E-state index in [2.05, 4.69) is 15.0 Å². The first-order valence-electron chi connectivity index (χ1n) is 3.02. The molecular formula is C6H4N4O. The van der Waals surface area contributed by atoms with E-state index in [1.54, 1.807) is 0 Å². The average molecular weight is 148 g/mol. The fourth-order valence-corrected chi connectivity index (χ4v) is 0.821. The molecule has 0 atom stereocenters. The van der Waals surface area contributed by atoms with E-state index < -0.39 is 0 Å². The Morgan fingerprint density at radius 3 is 2.91 bits per heavy atom. The fourth-order valence-electron chi connectivity index (χ4n) is 0.821. The highest BCUT2D eigenvalue weighted by molar-refractivity contribution is 5.63. The van der Waals surface area contributed by atoms with Gasteiger partial charge in [-0.1, -0.05) is 0 Å². The summed E-state index contributed by atoms with van der Waals surface area (Å²) in [7, 11) is 0. The molecule has 0 fully saturated rings. The minimum absolute atomic E-state index is 0.294. The van der Waals surface area contributed by atoms with Gasteiger partial charge in [0.1, 0.15) is 12.4 Å². The largest absolute Gasteiger partial charge is 0.740 e. The Hall–Kier alpha value is -1.78. The van der Waals surface area contributed by atoms with Crippen LogP contribution in [0.4, 0.5) is 0 Å². The maximum absolute atomic E-state index is 10.9. The predicted molar refractivity (Wildman–Crippen MR) is 36.3 cm³/mol. The lowest BCUT2D eigenvalue weighted by molar-refractivity contribution is -0.582. The molecule has 5 nitrogen and oxygen atoms in total. The van der Waals surface area contributed by atoms with Crippen LogP contribution in [0.2, 0.25) is 0 Å². The first-order chi connectivity index (χ1) is 5.38. The summed E-state index contributed by atoms with van der Waals surface area (Å²) >= 11 is 0. The summed E-state index contributed by atoms with van der Waals surface area (Å²) in [5.74, 6) is 0. The summed E-state index contributed by atoms with van der Waals surface area (Å²) in [6, 6.07) is 0. The molecule has 2 rings (SSSR count). The van der Waals surface area contributed by atoms with E-state index in [1.807, 2.05) is 0 Å². The lowest BCUT2D eigenvalue weighted by atomic mass is 10.5. The quantitative estimate of drug-likeness (QED) is 0.378. The van der Waals surface area contributed by atoms with Gasteiger partial charge in [-0.15, -0.1) is 9.97 Å². The van der Waals surface area contributed by atoms with Crippen molar-refractivity contribution in [2.75, 3.05) is 0 Å². The first kappa shape index (κ1) is 5.96. The Morgan fingerprint density at radius 2 is 2.09 bits per heavy atom. The second-order valence-electron chi connectivity index (χ2n) is 1.98. The van der Waals surface area contributed by atoms with Crippen molar-refractivity contribution < 1.29 is 4.73 Å². The molecule has 0 amide bonds. The maximum atomic E-state index is 10.9. The van der Waals surface area contributed by atoms with Crippen LogP contribution in [-0.2, 0) is 0 Å². The first-order valence-corrected chi connectivity index (χ1v) is 3.02. The fraction of sp³-hybridized carbons (Fsp3) is 0. The van der Waals surface area contributed by atoms with Crippen LogP contribution >= 0.6 is 0 Å². The van der Waals surface area contributed by atoms with E-state index in [0.717, 1.165) is 6.33 Å². The molecule has 11 heavy (non-hydrogen) atoms. The van der Waals surface area contributed by atoms with Gasteiger partial charge in [-0.05, 0) is 0 Å². The average Bonchev–Trinajstić information content (AvgIpc) is 2.06. The van der Waals surface area contributed by atoms with E-state index in [0.29, 0.717) is 15.9 Å². The van der Waals surface area contributed by atoms with Crippen molar-refractivity contribution in [3.05, 3.63) is 30.1 Å². The second-order valence-corrected chi connectivity index (χ2v) is 1.98. The minimum atomic E-state index is 0.294. The Labute approximate surface area is 61.9 Å². The summed E-state index contributed by atoms with van der Waals surface area (Å²) in [5, 5.41) is 10.9. The number of hydrogen-bond donors (Lipinski definition) is 0. The van der Waals surface area contributed by atoms with Gasteiger partial charge in [0.25, 0.3) is 5.65 Å². The Balaban J connectivity index is 2.91. The predicted octanol–water partition coefficient (Wildman–Crippen LogP) is -0.342. The molecular weight excluding hydrogens is 144 g/mol. The molecule has 0 unspecified atom stereocenters. The van der Waals surface area contributed by atoms with Crippen molar-refractivity contribution in [3.63, 3.8) is 0 Å². The minimum Gasteiger partial charge on any atom is -0.740 e. The number of fused-ring (bicyclic) bond motifs is 1. The third kappa shape index (κ3) is 0.861. The van der Waals surface area contributed by atoms with Gasteiger partial charge in [0.2, 0.25) is 6.33 Å². The van der Waals surface area contributed by atoms with E-state index in [4.69, 9.17) is 0 Å². The van der Waals surface area contributed by atoms with Gasteiger partial charge in [-0.3, -0.25) is 0 Å². The van der Waals surface area contributed by atoms with Crippen molar-refractivity contribution in [3.8, 4) is 0 Å². The third-order valence-corrected chi connectivity index (χ3v) is 1.28. The van der Waals surface area contributed by atoms with Crippen LogP contribution in [0, 0.1) is 5.21 Å². The second kappa shape index (κ2) is 2.12. The topological polar surface area (TPSA) is 65.6 Å². The van der Waals surface area contributed by atoms with Gasteiger partial charge >= 0.3 is 0 Å². The summed E-state index contributed by atoms with van der Waals surface area (Å²) < 4.78 is 0.586. The summed E-state index contributed by atoms with van der Waals surface area (Å²) in [6.45, 7) is 0. The van der Waals surface area contributed by atoms with Crippen molar-refractivity contribution in [1.82, 2.24) is 15.0 Å². The smallest absolute Gasteiger partial charge is 0.291 e. The highest BCUT2D eigenvalue weighted by atomic mass is 16.5. The molecule has 0 bridgehead atoms. The van der Waals surface area contributed by atoms with Gasteiger partial charge in [0, 0.05) is 0 Å². The molecule has 54 valence electrons. The van der Waals surface area contributed by atoms with Gasteiger partial charge in [0.05, 0.1) is 6.20 Å². The monoisotopic (exact) mass is 148 g/mol. The van der Waals surface area contributed by atoms with Crippen molar-refractivity contribution in [2.24, 2.45) is 0 Å². The van der Waals surface area contributed by atoms with E-state index in [-0.39, 0.29) is 0 Å². The van der Waals surface area contributed by atoms with Crippen LogP contribution in [0.1, 0.15) is 0 Å². The molecule has 0 aromatic carbocycles. The molecule has 0 radical (unpaired) electrons. The zero-order valence-electron chi connectivity index (χ0n) is 5.51. The molecule has 0 aliphatic heterocycles. The molecule has 2 heterocycles. The van der Waals surface area contributed by atoms with E-state index in [1.165, 1.54) is 18.6 Å². The molecule has 5 heteroatoms. The Bertz CT molecular complexity index is 384. The molecule has 0 aliphatic carbocycles. The molecule has 0 aliphatic rings. The Kier molecular flexibility index (Phi) is 1.15. The van der Waals surface area contributed by atoms with Crippen molar-refractivity contribution >= 4 is 11.2 Å². The zero-order valence-corrected chi connectivity index (χ0v) is 5.51. The van der Waals surface area contributed by atoms with Crippen LogP contribution in [-0.4, -0.2) is 15.0 Å². The normalized spacial score (nSPS) is 10.2. The lowest BCUT2D eigenvalue weighted by Crippen LogP contribution is -2.28. The number of rotatable bonds is 0. The molecule has 0 saturated carbocycles. The molecule has 2 aromatic heterocycles. The van der Waals surface area contributed by atoms with Gasteiger partial charge < -0.3 is 5.21 Å². The van der Waals surface area contributed by atoms with Crippen LogP contribution in [0.3, 0.4) is 0 Å². The number of hydrogen-bond acceptors (Lipinski definition) is 4. The summed E-state index contributed by atoms with van der Waals surface area (Å²) in [6.07, 6.45) is 5.63. The molecule has 0 N–H and O–H groups in total. The van der Waals surface area contributed by atoms with E-state index >= 15 is 0 Å². The van der Waals surface area contributed by atoms with Crippen LogP contribution in [0.25, 0.3) is 11.2 Å². The van der Waals surface area contributed by atoms with Gasteiger partial charge in [-0.2, -0.15) is 0 Å². The molecule has 0 spiro atoms. The van der Waals surface area contributed by atoms with Gasteiger partial charge in [0.15, 0.2) is 5.52 Å². The zero-order chi connectivity index (χ0) is 7.68. The SMILES string of the molecule is [O-][n+]1cncc2nccnc21. The van der Waals surface area contributed by atoms with Crippen molar-refractivity contribution in [2.45, 2.75) is 0 Å². The van der Waals surface area contributed by atoms with Crippen molar-refractivity contribution in [1.29, 1.82) is 0 Å². The maximum Gasteiger partial charge on any atom is 0.291 e. The highest BCUT2D eigenvalue weighted by Crippen LogP contribution is 1.96.